The van der Waals surface area contributed by atoms with Gasteiger partial charge in [-0.05, 0) is 86.8 Å². The van der Waals surface area contributed by atoms with Crippen LogP contribution in [0.2, 0.25) is 0 Å². The molecule has 1 aromatic carbocycles. The molecule has 8 atom stereocenters. The molecule has 4 aliphatic carbocycles. The molecule has 1 aromatic rings. The van der Waals surface area contributed by atoms with Crippen LogP contribution < -0.4 is 0 Å². The topological polar surface area (TPSA) is 119 Å². The number of fused-ring (bicyclic) bond motifs is 5. The highest BCUT2D eigenvalue weighted by molar-refractivity contribution is 5.89. The summed E-state index contributed by atoms with van der Waals surface area (Å²) in [6, 6.07) is 8.77. The highest BCUT2D eigenvalue weighted by atomic mass is 16.5. The summed E-state index contributed by atoms with van der Waals surface area (Å²) in [7, 11) is 1.36. The van der Waals surface area contributed by atoms with Crippen LogP contribution in [0.1, 0.15) is 75.1 Å². The molecule has 8 nitrogen and oxygen atoms in total. The number of rotatable bonds is 4. The minimum Gasteiger partial charge on any atom is -0.468 e. The lowest BCUT2D eigenvalue weighted by Crippen LogP contribution is -2.70. The number of cyclic esters (lactones) is 1. The van der Waals surface area contributed by atoms with E-state index in [4.69, 9.17) is 14.2 Å². The minimum atomic E-state index is -1.41. The van der Waals surface area contributed by atoms with Gasteiger partial charge in [0.05, 0.1) is 29.3 Å². The van der Waals surface area contributed by atoms with Crippen molar-refractivity contribution in [2.75, 3.05) is 13.7 Å². The number of benzene rings is 1. The molecule has 0 spiro atoms. The van der Waals surface area contributed by atoms with Crippen molar-refractivity contribution in [2.45, 2.75) is 82.0 Å². The maximum absolute atomic E-state index is 13.7. The van der Waals surface area contributed by atoms with Gasteiger partial charge in [-0.2, -0.15) is 0 Å². The van der Waals surface area contributed by atoms with Gasteiger partial charge in [0, 0.05) is 17.9 Å². The molecular formula is C31H38O8. The van der Waals surface area contributed by atoms with Crippen molar-refractivity contribution in [2.24, 2.45) is 28.6 Å². The van der Waals surface area contributed by atoms with Crippen LogP contribution in [0.25, 0.3) is 0 Å². The zero-order valence-electron chi connectivity index (χ0n) is 22.7. The number of carbonyl (C=O) groups is 3. The number of hydrogen-bond donors (Lipinski definition) is 2. The van der Waals surface area contributed by atoms with Gasteiger partial charge >= 0.3 is 17.9 Å². The van der Waals surface area contributed by atoms with E-state index in [9.17, 15) is 24.6 Å². The van der Waals surface area contributed by atoms with E-state index in [2.05, 4.69) is 6.92 Å². The van der Waals surface area contributed by atoms with Gasteiger partial charge in [0.1, 0.15) is 12.7 Å². The van der Waals surface area contributed by atoms with Crippen molar-refractivity contribution < 1.29 is 38.8 Å². The average molecular weight is 539 g/mol. The highest BCUT2D eigenvalue weighted by Crippen LogP contribution is 2.71. The smallest absolute Gasteiger partial charge is 0.338 e. The van der Waals surface area contributed by atoms with Gasteiger partial charge in [0.25, 0.3) is 0 Å². The summed E-state index contributed by atoms with van der Waals surface area (Å²) >= 11 is 0. The molecule has 4 fully saturated rings. The molecule has 6 rings (SSSR count). The van der Waals surface area contributed by atoms with Crippen LogP contribution in [0.15, 0.2) is 42.0 Å². The van der Waals surface area contributed by atoms with Crippen molar-refractivity contribution in [1.29, 1.82) is 0 Å². The van der Waals surface area contributed by atoms with Crippen LogP contribution >= 0.6 is 0 Å². The SMILES string of the molecule is COC(=O)C12CCC(OC(=O)c3ccccc3)CC1(O)CCC1C2CCC2(C)[C@H](C3=CC(=O)OC3)CCC12O. The predicted octanol–water partition coefficient (Wildman–Crippen LogP) is 3.74. The summed E-state index contributed by atoms with van der Waals surface area (Å²) in [4.78, 5) is 38.3. The Morgan fingerprint density at radius 2 is 1.72 bits per heavy atom. The normalized spacial score (nSPS) is 42.9. The molecule has 7 unspecified atom stereocenters. The Labute approximate surface area is 228 Å². The first-order valence-electron chi connectivity index (χ1n) is 14.2. The molecule has 210 valence electrons. The van der Waals surface area contributed by atoms with Crippen molar-refractivity contribution >= 4 is 17.9 Å². The van der Waals surface area contributed by atoms with Crippen LogP contribution in [-0.4, -0.2) is 59.1 Å². The summed E-state index contributed by atoms with van der Waals surface area (Å²) in [5.41, 5.74) is -2.67. The number of methoxy groups -OCH3 is 1. The zero-order chi connectivity index (χ0) is 27.6. The molecule has 0 saturated heterocycles. The molecule has 2 N–H and O–H groups in total. The quantitative estimate of drug-likeness (QED) is 0.440. The molecule has 8 heteroatoms. The molecular weight excluding hydrogens is 500 g/mol. The maximum Gasteiger partial charge on any atom is 0.338 e. The van der Waals surface area contributed by atoms with Gasteiger partial charge in [0.2, 0.25) is 0 Å². The van der Waals surface area contributed by atoms with Gasteiger partial charge in [-0.15, -0.1) is 0 Å². The van der Waals surface area contributed by atoms with E-state index in [0.717, 1.165) is 12.0 Å². The number of carbonyl (C=O) groups excluding carboxylic acids is 3. The Morgan fingerprint density at radius 1 is 0.974 bits per heavy atom. The van der Waals surface area contributed by atoms with Gasteiger partial charge < -0.3 is 24.4 Å². The molecule has 0 aromatic heterocycles. The number of aliphatic hydroxyl groups is 2. The Bertz CT molecular complexity index is 1210. The summed E-state index contributed by atoms with van der Waals surface area (Å²) in [6.45, 7) is 2.40. The van der Waals surface area contributed by atoms with Crippen LogP contribution in [0.5, 0.6) is 0 Å². The maximum atomic E-state index is 13.7. The van der Waals surface area contributed by atoms with E-state index < -0.39 is 40.1 Å². The lowest BCUT2D eigenvalue weighted by Gasteiger charge is -2.65. The number of hydrogen-bond acceptors (Lipinski definition) is 8. The molecule has 0 amide bonds. The van der Waals surface area contributed by atoms with E-state index in [1.807, 2.05) is 6.07 Å². The Morgan fingerprint density at radius 3 is 2.41 bits per heavy atom. The van der Waals surface area contributed by atoms with E-state index in [1.165, 1.54) is 7.11 Å². The number of esters is 3. The Kier molecular flexibility index (Phi) is 6.23. The lowest BCUT2D eigenvalue weighted by atomic mass is 9.41. The summed E-state index contributed by atoms with van der Waals surface area (Å²) in [5, 5.41) is 24.7. The number of ether oxygens (including phenoxy) is 3. The second-order valence-electron chi connectivity index (χ2n) is 12.7. The first-order valence-corrected chi connectivity index (χ1v) is 14.2. The van der Waals surface area contributed by atoms with Crippen molar-refractivity contribution in [3.8, 4) is 0 Å². The molecule has 5 aliphatic rings. The predicted molar refractivity (Wildman–Crippen MR) is 139 cm³/mol. The highest BCUT2D eigenvalue weighted by Gasteiger charge is 2.74. The van der Waals surface area contributed by atoms with Gasteiger partial charge in [-0.1, -0.05) is 25.1 Å². The van der Waals surface area contributed by atoms with Crippen molar-refractivity contribution in [3.05, 3.63) is 47.5 Å². The van der Waals surface area contributed by atoms with E-state index in [-0.39, 0.29) is 36.8 Å². The fourth-order valence-electron chi connectivity index (χ4n) is 9.53. The molecule has 0 bridgehead atoms. The van der Waals surface area contributed by atoms with E-state index in [1.54, 1.807) is 30.3 Å². The molecule has 1 aliphatic heterocycles. The molecule has 0 radical (unpaired) electrons. The fraction of sp³-hybridized carbons (Fsp3) is 0.645. The van der Waals surface area contributed by atoms with Gasteiger partial charge in [-0.25, -0.2) is 9.59 Å². The first kappa shape index (κ1) is 26.5. The third kappa shape index (κ3) is 3.67. The third-order valence-corrected chi connectivity index (χ3v) is 11.4. The van der Waals surface area contributed by atoms with Crippen molar-refractivity contribution in [3.63, 3.8) is 0 Å². The monoisotopic (exact) mass is 538 g/mol. The largest absolute Gasteiger partial charge is 0.468 e. The van der Waals surface area contributed by atoms with Crippen LogP contribution in [-0.2, 0) is 23.8 Å². The summed E-state index contributed by atoms with van der Waals surface area (Å²) < 4.78 is 16.4. The van der Waals surface area contributed by atoms with Crippen LogP contribution in [0, 0.1) is 28.6 Å². The standard InChI is InChI=1S/C31H38O8/c1-28-12-9-23-24(31(28,36)15-11-22(28)20-16-25(32)38-18-20)10-13-29(35)17-21(8-14-30(23,29)27(34)37-2)39-26(33)19-6-4-3-5-7-19/h3-7,16,21-24,35-36H,8-15,17-18H2,1-2H3/t21?,22-,23?,24?,28?,29?,30?,31?/m0/s1. The Balaban J connectivity index is 1.29. The molecule has 1 heterocycles. The van der Waals surface area contributed by atoms with Crippen LogP contribution in [0.3, 0.4) is 0 Å². The first-order chi connectivity index (χ1) is 18.6. The second-order valence-corrected chi connectivity index (χ2v) is 12.7. The summed E-state index contributed by atoms with van der Waals surface area (Å²) in [5.74, 6) is -1.61. The van der Waals surface area contributed by atoms with E-state index >= 15 is 0 Å². The minimum absolute atomic E-state index is 0.0397. The third-order valence-electron chi connectivity index (χ3n) is 11.4. The average Bonchev–Trinajstić information content (AvgIpc) is 3.47. The van der Waals surface area contributed by atoms with Gasteiger partial charge in [-0.3, -0.25) is 4.79 Å². The molecule has 4 saturated carbocycles. The van der Waals surface area contributed by atoms with Crippen LogP contribution in [0.4, 0.5) is 0 Å². The fourth-order valence-corrected chi connectivity index (χ4v) is 9.53. The van der Waals surface area contributed by atoms with Gasteiger partial charge in [0.15, 0.2) is 0 Å². The summed E-state index contributed by atoms with van der Waals surface area (Å²) in [6.07, 6.45) is 5.53. The Hall–Kier alpha value is -2.71. The zero-order valence-corrected chi connectivity index (χ0v) is 22.7. The van der Waals surface area contributed by atoms with E-state index in [0.29, 0.717) is 50.5 Å². The second kappa shape index (κ2) is 9.16. The lowest BCUT2D eigenvalue weighted by molar-refractivity contribution is -0.261. The molecule has 39 heavy (non-hydrogen) atoms. The van der Waals surface area contributed by atoms with Crippen molar-refractivity contribution in [1.82, 2.24) is 0 Å².